The second-order valence-electron chi connectivity index (χ2n) is 5.13. The van der Waals surface area contributed by atoms with Crippen molar-refractivity contribution in [2.45, 2.75) is 58.5 Å². The molecule has 1 amide bonds. The Morgan fingerprint density at radius 2 is 2.29 bits per heavy atom. The smallest absolute Gasteiger partial charge is 0.237 e. The van der Waals surface area contributed by atoms with Crippen LogP contribution < -0.4 is 11.1 Å². The fourth-order valence-electron chi connectivity index (χ4n) is 2.05. The van der Waals surface area contributed by atoms with Crippen molar-refractivity contribution in [3.8, 4) is 0 Å². The zero-order valence-electron chi connectivity index (χ0n) is 9.47. The predicted octanol–water partition coefficient (Wildman–Crippen LogP) is 1.42. The minimum absolute atomic E-state index is 0.00944. The van der Waals surface area contributed by atoms with Crippen molar-refractivity contribution in [1.82, 2.24) is 5.32 Å². The average molecular weight is 198 g/mol. The zero-order valence-corrected chi connectivity index (χ0v) is 9.47. The highest BCUT2D eigenvalue weighted by Gasteiger charge is 2.32. The molecule has 14 heavy (non-hydrogen) atoms. The Morgan fingerprint density at radius 1 is 1.64 bits per heavy atom. The van der Waals surface area contributed by atoms with Gasteiger partial charge in [-0.15, -0.1) is 0 Å². The van der Waals surface area contributed by atoms with Gasteiger partial charge < -0.3 is 11.1 Å². The topological polar surface area (TPSA) is 55.1 Å². The van der Waals surface area contributed by atoms with E-state index in [-0.39, 0.29) is 11.9 Å². The summed E-state index contributed by atoms with van der Waals surface area (Å²) in [5.41, 5.74) is 6.03. The highest BCUT2D eigenvalue weighted by molar-refractivity contribution is 5.81. The Kier molecular flexibility index (Phi) is 3.53. The molecule has 1 aliphatic rings. The molecule has 0 radical (unpaired) electrons. The van der Waals surface area contributed by atoms with Gasteiger partial charge in [0.2, 0.25) is 5.91 Å². The summed E-state index contributed by atoms with van der Waals surface area (Å²) in [7, 11) is 0. The summed E-state index contributed by atoms with van der Waals surface area (Å²) in [5.74, 6) is 0.00944. The van der Waals surface area contributed by atoms with Crippen LogP contribution in [0.25, 0.3) is 0 Å². The first kappa shape index (κ1) is 11.5. The summed E-state index contributed by atoms with van der Waals surface area (Å²) in [4.78, 5) is 11.5. The lowest BCUT2D eigenvalue weighted by molar-refractivity contribution is -0.123. The lowest BCUT2D eigenvalue weighted by atomic mass is 9.92. The summed E-state index contributed by atoms with van der Waals surface area (Å²) < 4.78 is 0. The van der Waals surface area contributed by atoms with Gasteiger partial charge in [0.05, 0.1) is 6.04 Å². The van der Waals surface area contributed by atoms with E-state index in [2.05, 4.69) is 19.2 Å². The van der Waals surface area contributed by atoms with Gasteiger partial charge in [0.15, 0.2) is 0 Å². The van der Waals surface area contributed by atoms with Gasteiger partial charge in [-0.25, -0.2) is 0 Å². The van der Waals surface area contributed by atoms with Crippen molar-refractivity contribution in [3.63, 3.8) is 0 Å². The van der Waals surface area contributed by atoms with Crippen LogP contribution in [0, 0.1) is 5.41 Å². The molecule has 1 rings (SSSR count). The zero-order chi connectivity index (χ0) is 10.8. The third-order valence-electron chi connectivity index (χ3n) is 3.09. The highest BCUT2D eigenvalue weighted by atomic mass is 16.2. The molecule has 1 fully saturated rings. The minimum Gasteiger partial charge on any atom is -0.352 e. The number of carbonyl (C=O) groups excluding carboxylic acids is 1. The van der Waals surface area contributed by atoms with Crippen LogP contribution in [-0.2, 0) is 4.79 Å². The van der Waals surface area contributed by atoms with Gasteiger partial charge in [0, 0.05) is 6.04 Å². The first-order chi connectivity index (χ1) is 6.44. The summed E-state index contributed by atoms with van der Waals surface area (Å²) in [6.45, 7) is 6.43. The maximum absolute atomic E-state index is 11.5. The molecule has 0 saturated heterocycles. The van der Waals surface area contributed by atoms with Gasteiger partial charge in [-0.3, -0.25) is 4.79 Å². The predicted molar refractivity (Wildman–Crippen MR) is 57.8 cm³/mol. The fraction of sp³-hybridized carbons (Fsp3) is 0.909. The Bertz CT molecular complexity index is 213. The molecule has 0 aromatic rings. The first-order valence-electron chi connectivity index (χ1n) is 5.50. The second kappa shape index (κ2) is 4.30. The van der Waals surface area contributed by atoms with Crippen LogP contribution in [0.1, 0.15) is 46.5 Å². The molecule has 2 atom stereocenters. The Balaban J connectivity index is 2.36. The number of carbonyl (C=O) groups is 1. The van der Waals surface area contributed by atoms with Crippen LogP contribution in [0.2, 0.25) is 0 Å². The molecule has 3 heteroatoms. The lowest BCUT2D eigenvalue weighted by Gasteiger charge is -2.19. The fourth-order valence-corrected chi connectivity index (χ4v) is 2.05. The maximum Gasteiger partial charge on any atom is 0.237 e. The van der Waals surface area contributed by atoms with Crippen LogP contribution in [0.4, 0.5) is 0 Å². The van der Waals surface area contributed by atoms with Crippen molar-refractivity contribution < 1.29 is 4.79 Å². The second-order valence-corrected chi connectivity index (χ2v) is 5.13. The van der Waals surface area contributed by atoms with Crippen molar-refractivity contribution in [2.24, 2.45) is 11.1 Å². The Morgan fingerprint density at radius 3 is 2.71 bits per heavy atom. The molecular formula is C11H22N2O. The molecule has 3 nitrogen and oxygen atoms in total. The van der Waals surface area contributed by atoms with Crippen LogP contribution in [0.15, 0.2) is 0 Å². The van der Waals surface area contributed by atoms with E-state index in [0.29, 0.717) is 17.9 Å². The van der Waals surface area contributed by atoms with E-state index in [0.717, 1.165) is 12.8 Å². The van der Waals surface area contributed by atoms with Crippen LogP contribution in [-0.4, -0.2) is 18.0 Å². The van der Waals surface area contributed by atoms with E-state index >= 15 is 0 Å². The number of nitrogens with two attached hydrogens (primary N) is 1. The number of hydrogen-bond donors (Lipinski definition) is 2. The first-order valence-corrected chi connectivity index (χ1v) is 5.50. The van der Waals surface area contributed by atoms with Gasteiger partial charge in [-0.2, -0.15) is 0 Å². The molecule has 0 aromatic heterocycles. The maximum atomic E-state index is 11.5. The monoisotopic (exact) mass is 198 g/mol. The van der Waals surface area contributed by atoms with Crippen molar-refractivity contribution in [1.29, 1.82) is 0 Å². The largest absolute Gasteiger partial charge is 0.352 e. The van der Waals surface area contributed by atoms with Crippen LogP contribution >= 0.6 is 0 Å². The van der Waals surface area contributed by atoms with E-state index in [1.165, 1.54) is 6.42 Å². The number of amides is 1. The summed E-state index contributed by atoms with van der Waals surface area (Å²) in [6.07, 6.45) is 4.08. The van der Waals surface area contributed by atoms with Gasteiger partial charge in [-0.1, -0.05) is 20.8 Å². The van der Waals surface area contributed by atoms with Crippen molar-refractivity contribution >= 4 is 5.91 Å². The van der Waals surface area contributed by atoms with E-state index in [1.54, 1.807) is 0 Å². The van der Waals surface area contributed by atoms with E-state index in [9.17, 15) is 4.79 Å². The standard InChI is InChI=1S/C11H22N2O/c1-4-9(12)10(14)13-8-5-6-11(2,3)7-8/h8-9H,4-7,12H2,1-3H3,(H,13,14)/t8?,9-/m0/s1. The molecule has 3 N–H and O–H groups in total. The van der Waals surface area contributed by atoms with E-state index in [4.69, 9.17) is 5.73 Å². The molecule has 1 saturated carbocycles. The Labute approximate surface area is 86.4 Å². The third-order valence-corrected chi connectivity index (χ3v) is 3.09. The number of nitrogens with one attached hydrogen (secondary N) is 1. The molecular weight excluding hydrogens is 176 g/mol. The molecule has 1 aliphatic carbocycles. The number of rotatable bonds is 3. The SMILES string of the molecule is CC[C@H](N)C(=O)NC1CCC(C)(C)C1. The molecule has 0 aromatic carbocycles. The van der Waals surface area contributed by atoms with Gasteiger partial charge in [-0.05, 0) is 31.1 Å². The highest BCUT2D eigenvalue weighted by Crippen LogP contribution is 2.36. The van der Waals surface area contributed by atoms with E-state index in [1.807, 2.05) is 6.92 Å². The number of hydrogen-bond acceptors (Lipinski definition) is 2. The molecule has 1 unspecified atom stereocenters. The molecule has 0 spiro atoms. The summed E-state index contributed by atoms with van der Waals surface area (Å²) in [5, 5.41) is 3.02. The molecule has 82 valence electrons. The van der Waals surface area contributed by atoms with Crippen molar-refractivity contribution in [3.05, 3.63) is 0 Å². The molecule has 0 heterocycles. The minimum atomic E-state index is -0.335. The normalized spacial score (nSPS) is 27.3. The van der Waals surface area contributed by atoms with Crippen molar-refractivity contribution in [2.75, 3.05) is 0 Å². The lowest BCUT2D eigenvalue weighted by Crippen LogP contribution is -2.44. The quantitative estimate of drug-likeness (QED) is 0.720. The third kappa shape index (κ3) is 2.98. The van der Waals surface area contributed by atoms with Crippen LogP contribution in [0.3, 0.4) is 0 Å². The van der Waals surface area contributed by atoms with Gasteiger partial charge in [0.25, 0.3) is 0 Å². The van der Waals surface area contributed by atoms with Gasteiger partial charge in [0.1, 0.15) is 0 Å². The molecule has 0 aliphatic heterocycles. The summed E-state index contributed by atoms with van der Waals surface area (Å²) >= 11 is 0. The van der Waals surface area contributed by atoms with Gasteiger partial charge >= 0.3 is 0 Å². The van der Waals surface area contributed by atoms with E-state index < -0.39 is 0 Å². The summed E-state index contributed by atoms with van der Waals surface area (Å²) in [6, 6.07) is 0.00816. The van der Waals surface area contributed by atoms with Crippen LogP contribution in [0.5, 0.6) is 0 Å². The average Bonchev–Trinajstić information content (AvgIpc) is 2.44. The molecule has 0 bridgehead atoms. The Hall–Kier alpha value is -0.570.